The van der Waals surface area contributed by atoms with Crippen LogP contribution in [0.4, 0.5) is 11.4 Å². The Morgan fingerprint density at radius 3 is 2.88 bits per heavy atom. The van der Waals surface area contributed by atoms with Gasteiger partial charge in [-0.25, -0.2) is 4.79 Å². The topological polar surface area (TPSA) is 79.3 Å². The fourth-order valence-electron chi connectivity index (χ4n) is 1.46. The molecule has 5 heteroatoms. The van der Waals surface area contributed by atoms with Crippen LogP contribution in [0.2, 0.25) is 0 Å². The minimum atomic E-state index is -0.403. The number of hydrogen-bond acceptors (Lipinski definition) is 5. The summed E-state index contributed by atoms with van der Waals surface area (Å²) in [5, 5.41) is 8.53. The van der Waals surface area contributed by atoms with Gasteiger partial charge in [0, 0.05) is 13.6 Å². The zero-order chi connectivity index (χ0) is 12.8. The molecule has 0 radical (unpaired) electrons. The molecule has 1 rings (SSSR count). The fraction of sp³-hybridized carbons (Fsp3) is 0.333. The molecule has 90 valence electrons. The highest BCUT2D eigenvalue weighted by Crippen LogP contribution is 2.24. The number of nitrogens with two attached hydrogens (primary N) is 1. The molecule has 2 N–H and O–H groups in total. The van der Waals surface area contributed by atoms with E-state index >= 15 is 0 Å². The van der Waals surface area contributed by atoms with Crippen molar-refractivity contribution in [2.45, 2.75) is 6.42 Å². The SMILES string of the molecule is COC(=O)c1ccc(N)c(N(C)CCC#N)c1. The molecular formula is C12H15N3O2. The van der Waals surface area contributed by atoms with E-state index in [2.05, 4.69) is 10.8 Å². The Morgan fingerprint density at radius 1 is 1.59 bits per heavy atom. The third-order valence-electron chi connectivity index (χ3n) is 2.42. The van der Waals surface area contributed by atoms with Crippen LogP contribution < -0.4 is 10.6 Å². The first kappa shape index (κ1) is 12.8. The van der Waals surface area contributed by atoms with Gasteiger partial charge in [-0.15, -0.1) is 0 Å². The summed E-state index contributed by atoms with van der Waals surface area (Å²) in [6.07, 6.45) is 0.401. The number of esters is 1. The second-order valence-corrected chi connectivity index (χ2v) is 3.59. The molecule has 1 aromatic carbocycles. The summed E-state index contributed by atoms with van der Waals surface area (Å²) in [6.45, 7) is 0.561. The van der Waals surface area contributed by atoms with Gasteiger partial charge in [-0.2, -0.15) is 5.26 Å². The van der Waals surface area contributed by atoms with Gasteiger partial charge in [0.25, 0.3) is 0 Å². The number of anilines is 2. The number of hydrogen-bond donors (Lipinski definition) is 1. The Morgan fingerprint density at radius 2 is 2.29 bits per heavy atom. The molecule has 0 heterocycles. The summed E-state index contributed by atoms with van der Waals surface area (Å²) in [5.74, 6) is -0.403. The van der Waals surface area contributed by atoms with Crippen LogP contribution >= 0.6 is 0 Å². The van der Waals surface area contributed by atoms with Crippen LogP contribution in [0.3, 0.4) is 0 Å². The molecule has 0 spiro atoms. The van der Waals surface area contributed by atoms with Crippen molar-refractivity contribution in [3.8, 4) is 6.07 Å². The van der Waals surface area contributed by atoms with Crippen LogP contribution in [0.25, 0.3) is 0 Å². The molecule has 5 nitrogen and oxygen atoms in total. The van der Waals surface area contributed by atoms with Gasteiger partial charge in [-0.1, -0.05) is 0 Å². The largest absolute Gasteiger partial charge is 0.465 e. The number of nitrogens with zero attached hydrogens (tertiary/aromatic N) is 2. The molecule has 1 aromatic rings. The van der Waals surface area contributed by atoms with Gasteiger partial charge in [0.05, 0.1) is 36.5 Å². The number of methoxy groups -OCH3 is 1. The second kappa shape index (κ2) is 5.75. The molecule has 0 aliphatic rings. The van der Waals surface area contributed by atoms with E-state index in [1.807, 2.05) is 11.9 Å². The maximum Gasteiger partial charge on any atom is 0.337 e. The standard InChI is InChI=1S/C12H15N3O2/c1-15(7-3-6-13)11-8-9(12(16)17-2)4-5-10(11)14/h4-5,8H,3,7,14H2,1-2H3. The average Bonchev–Trinajstić information content (AvgIpc) is 2.35. The summed E-state index contributed by atoms with van der Waals surface area (Å²) in [6, 6.07) is 7.00. The van der Waals surface area contributed by atoms with Gasteiger partial charge < -0.3 is 15.4 Å². The minimum absolute atomic E-state index is 0.401. The Hall–Kier alpha value is -2.22. The van der Waals surface area contributed by atoms with Crippen molar-refractivity contribution in [1.82, 2.24) is 0 Å². The lowest BCUT2D eigenvalue weighted by molar-refractivity contribution is 0.0601. The van der Waals surface area contributed by atoms with Gasteiger partial charge in [0.2, 0.25) is 0 Å². The van der Waals surface area contributed by atoms with E-state index in [-0.39, 0.29) is 0 Å². The van der Waals surface area contributed by atoms with Crippen molar-refractivity contribution in [3.05, 3.63) is 23.8 Å². The summed E-state index contributed by atoms with van der Waals surface area (Å²) in [4.78, 5) is 13.2. The molecule has 0 atom stereocenters. The smallest absolute Gasteiger partial charge is 0.337 e. The van der Waals surface area contributed by atoms with E-state index in [1.54, 1.807) is 18.2 Å². The van der Waals surface area contributed by atoms with Crippen molar-refractivity contribution in [2.24, 2.45) is 0 Å². The van der Waals surface area contributed by atoms with Crippen LogP contribution in [0.5, 0.6) is 0 Å². The molecule has 0 fully saturated rings. The lowest BCUT2D eigenvalue weighted by atomic mass is 10.1. The van der Waals surface area contributed by atoms with Crippen LogP contribution in [0, 0.1) is 11.3 Å². The lowest BCUT2D eigenvalue weighted by Crippen LogP contribution is -2.20. The number of ether oxygens (including phenoxy) is 1. The summed E-state index contributed by atoms with van der Waals surface area (Å²) in [7, 11) is 3.15. The Bertz CT molecular complexity index is 452. The molecule has 0 bridgehead atoms. The highest BCUT2D eigenvalue weighted by molar-refractivity contribution is 5.92. The normalized spacial score (nSPS) is 9.47. The first-order valence-corrected chi connectivity index (χ1v) is 5.16. The number of carbonyl (C=O) groups is 1. The van der Waals surface area contributed by atoms with E-state index in [1.165, 1.54) is 7.11 Å². The number of carbonyl (C=O) groups excluding carboxylic acids is 1. The summed E-state index contributed by atoms with van der Waals surface area (Å²) in [5.41, 5.74) is 7.56. The summed E-state index contributed by atoms with van der Waals surface area (Å²) < 4.78 is 4.64. The molecular weight excluding hydrogens is 218 g/mol. The van der Waals surface area contributed by atoms with E-state index in [0.717, 1.165) is 5.69 Å². The molecule has 0 aliphatic heterocycles. The van der Waals surface area contributed by atoms with Crippen molar-refractivity contribution < 1.29 is 9.53 Å². The molecule has 0 amide bonds. The third-order valence-corrected chi connectivity index (χ3v) is 2.42. The van der Waals surface area contributed by atoms with Gasteiger partial charge in [0.15, 0.2) is 0 Å². The molecule has 0 aliphatic carbocycles. The van der Waals surface area contributed by atoms with Crippen molar-refractivity contribution >= 4 is 17.3 Å². The monoisotopic (exact) mass is 233 g/mol. The van der Waals surface area contributed by atoms with Crippen molar-refractivity contribution in [2.75, 3.05) is 31.3 Å². The number of nitriles is 1. The zero-order valence-electron chi connectivity index (χ0n) is 9.93. The third kappa shape index (κ3) is 3.11. The van der Waals surface area contributed by atoms with Crippen LogP contribution in [0.15, 0.2) is 18.2 Å². The average molecular weight is 233 g/mol. The van der Waals surface area contributed by atoms with Gasteiger partial charge in [-0.05, 0) is 18.2 Å². The van der Waals surface area contributed by atoms with Gasteiger partial charge >= 0.3 is 5.97 Å². The van der Waals surface area contributed by atoms with E-state index in [4.69, 9.17) is 11.0 Å². The maximum atomic E-state index is 11.4. The highest BCUT2D eigenvalue weighted by atomic mass is 16.5. The fourth-order valence-corrected chi connectivity index (χ4v) is 1.46. The van der Waals surface area contributed by atoms with E-state index < -0.39 is 5.97 Å². The van der Waals surface area contributed by atoms with Crippen molar-refractivity contribution in [1.29, 1.82) is 5.26 Å². The first-order chi connectivity index (χ1) is 8.10. The van der Waals surface area contributed by atoms with E-state index in [9.17, 15) is 4.79 Å². The number of nitrogen functional groups attached to an aromatic ring is 1. The quantitative estimate of drug-likeness (QED) is 0.628. The minimum Gasteiger partial charge on any atom is -0.465 e. The van der Waals surface area contributed by atoms with E-state index in [0.29, 0.717) is 24.2 Å². The molecule has 0 unspecified atom stereocenters. The predicted molar refractivity (Wildman–Crippen MR) is 65.7 cm³/mol. The molecule has 0 aromatic heterocycles. The number of benzene rings is 1. The first-order valence-electron chi connectivity index (χ1n) is 5.16. The Labute approximate surface area is 100 Å². The molecule has 17 heavy (non-hydrogen) atoms. The Balaban J connectivity index is 2.98. The number of rotatable bonds is 4. The predicted octanol–water partition coefficient (Wildman–Crippen LogP) is 1.41. The molecule has 0 saturated heterocycles. The second-order valence-electron chi connectivity index (χ2n) is 3.59. The summed E-state index contributed by atoms with van der Waals surface area (Å²) >= 11 is 0. The maximum absolute atomic E-state index is 11.4. The Kier molecular flexibility index (Phi) is 4.35. The zero-order valence-corrected chi connectivity index (χ0v) is 9.93. The van der Waals surface area contributed by atoms with Crippen LogP contribution in [-0.2, 0) is 4.74 Å². The van der Waals surface area contributed by atoms with Crippen molar-refractivity contribution in [3.63, 3.8) is 0 Å². The van der Waals surface area contributed by atoms with Crippen LogP contribution in [-0.4, -0.2) is 26.7 Å². The lowest BCUT2D eigenvalue weighted by Gasteiger charge is -2.20. The highest BCUT2D eigenvalue weighted by Gasteiger charge is 2.11. The molecule has 0 saturated carbocycles. The van der Waals surface area contributed by atoms with Crippen LogP contribution in [0.1, 0.15) is 16.8 Å². The van der Waals surface area contributed by atoms with Gasteiger partial charge in [0.1, 0.15) is 0 Å². The van der Waals surface area contributed by atoms with Gasteiger partial charge in [-0.3, -0.25) is 0 Å².